The zero-order valence-corrected chi connectivity index (χ0v) is 10.6. The molecule has 0 aliphatic heterocycles. The minimum Gasteiger partial charge on any atom is -0.270 e. The van der Waals surface area contributed by atoms with E-state index in [0.717, 1.165) is 23.6 Å². The first-order valence-corrected chi connectivity index (χ1v) is 6.64. The van der Waals surface area contributed by atoms with Crippen LogP contribution in [0.2, 0.25) is 0 Å². The Morgan fingerprint density at radius 1 is 1.21 bits per heavy atom. The van der Waals surface area contributed by atoms with Gasteiger partial charge in [0.2, 0.25) is 0 Å². The number of carbonyl (C=O) groups is 1. The Labute approximate surface area is 111 Å². The van der Waals surface area contributed by atoms with Crippen LogP contribution in [0.5, 0.6) is 0 Å². The van der Waals surface area contributed by atoms with Gasteiger partial charge in [0.1, 0.15) is 5.69 Å². The predicted molar refractivity (Wildman–Crippen MR) is 72.6 cm³/mol. The van der Waals surface area contributed by atoms with Crippen LogP contribution in [0.1, 0.15) is 36.2 Å². The highest BCUT2D eigenvalue weighted by molar-refractivity contribution is 6.04. The summed E-state index contributed by atoms with van der Waals surface area (Å²) in [6.45, 7) is 0. The number of hydroxylamine groups is 1. The van der Waals surface area contributed by atoms with Crippen LogP contribution in [0.4, 0.5) is 0 Å². The molecule has 2 aromatic rings. The summed E-state index contributed by atoms with van der Waals surface area (Å²) in [5.74, 6) is -0.274. The molecule has 1 N–H and O–H groups in total. The lowest BCUT2D eigenvalue weighted by Crippen LogP contribution is -2.29. The summed E-state index contributed by atoms with van der Waals surface area (Å²) >= 11 is 0. The van der Waals surface area contributed by atoms with Crippen molar-refractivity contribution in [3.63, 3.8) is 0 Å². The summed E-state index contributed by atoms with van der Waals surface area (Å²) in [6.07, 6.45) is 6.18. The van der Waals surface area contributed by atoms with E-state index in [0.29, 0.717) is 5.69 Å². The van der Waals surface area contributed by atoms with Crippen molar-refractivity contribution in [1.82, 2.24) is 10.5 Å². The number of benzene rings is 1. The molecule has 0 unspecified atom stereocenters. The Bertz CT molecular complexity index is 586. The molecule has 1 amide bonds. The topological polar surface area (TPSA) is 51.2 Å². The van der Waals surface area contributed by atoms with Crippen LogP contribution in [0.25, 0.3) is 10.8 Å². The highest BCUT2D eigenvalue weighted by atomic mass is 16.7. The number of rotatable bonds is 3. The Balaban J connectivity index is 1.77. The molecule has 98 valence electrons. The number of amides is 1. The lowest BCUT2D eigenvalue weighted by molar-refractivity contribution is -0.0126. The van der Waals surface area contributed by atoms with Gasteiger partial charge in [-0.25, -0.2) is 5.48 Å². The molecule has 0 atom stereocenters. The first kappa shape index (κ1) is 12.1. The predicted octanol–water partition coefficient (Wildman–Crippen LogP) is 2.84. The fourth-order valence-corrected chi connectivity index (χ4v) is 2.49. The van der Waals surface area contributed by atoms with Crippen molar-refractivity contribution in [2.75, 3.05) is 0 Å². The van der Waals surface area contributed by atoms with Gasteiger partial charge in [-0.2, -0.15) is 0 Å². The molecule has 1 heterocycles. The van der Waals surface area contributed by atoms with Crippen LogP contribution in [0, 0.1) is 0 Å². The maximum atomic E-state index is 12.1. The molecule has 19 heavy (non-hydrogen) atoms. The minimum atomic E-state index is -0.274. The summed E-state index contributed by atoms with van der Waals surface area (Å²) in [7, 11) is 0. The summed E-state index contributed by atoms with van der Waals surface area (Å²) in [4.78, 5) is 21.7. The fraction of sp³-hybridized carbons (Fsp3) is 0.333. The van der Waals surface area contributed by atoms with Crippen LogP contribution in [0.3, 0.4) is 0 Å². The summed E-state index contributed by atoms with van der Waals surface area (Å²) in [5, 5.41) is 1.85. The first-order chi connectivity index (χ1) is 9.34. The number of nitrogens with zero attached hydrogens (tertiary/aromatic N) is 1. The number of hydrogen-bond donors (Lipinski definition) is 1. The molecule has 1 aromatic carbocycles. The lowest BCUT2D eigenvalue weighted by atomic mass is 10.1. The van der Waals surface area contributed by atoms with E-state index in [1.165, 1.54) is 12.8 Å². The minimum absolute atomic E-state index is 0.152. The molecule has 3 rings (SSSR count). The van der Waals surface area contributed by atoms with E-state index in [4.69, 9.17) is 4.84 Å². The van der Waals surface area contributed by atoms with Gasteiger partial charge in [0.05, 0.1) is 6.10 Å². The molecule has 1 aliphatic carbocycles. The number of hydrogen-bond acceptors (Lipinski definition) is 3. The molecule has 0 spiro atoms. The lowest BCUT2D eigenvalue weighted by Gasteiger charge is -2.11. The summed E-state index contributed by atoms with van der Waals surface area (Å²) in [5.41, 5.74) is 2.94. The van der Waals surface area contributed by atoms with E-state index in [-0.39, 0.29) is 12.0 Å². The van der Waals surface area contributed by atoms with Gasteiger partial charge in [0.15, 0.2) is 0 Å². The maximum Gasteiger partial charge on any atom is 0.294 e. The zero-order chi connectivity index (χ0) is 13.1. The molecule has 1 fully saturated rings. The third-order valence-electron chi connectivity index (χ3n) is 3.51. The highest BCUT2D eigenvalue weighted by Gasteiger charge is 2.18. The monoisotopic (exact) mass is 256 g/mol. The molecule has 1 aliphatic rings. The van der Waals surface area contributed by atoms with Crippen LogP contribution in [-0.2, 0) is 4.84 Å². The van der Waals surface area contributed by atoms with Gasteiger partial charge in [0, 0.05) is 11.6 Å². The largest absolute Gasteiger partial charge is 0.294 e. The van der Waals surface area contributed by atoms with Crippen LogP contribution >= 0.6 is 0 Å². The summed E-state index contributed by atoms with van der Waals surface area (Å²) in [6, 6.07) is 9.60. The van der Waals surface area contributed by atoms with Crippen molar-refractivity contribution >= 4 is 16.7 Å². The van der Waals surface area contributed by atoms with Crippen molar-refractivity contribution in [3.05, 3.63) is 42.2 Å². The molecular formula is C15H16N2O2. The van der Waals surface area contributed by atoms with Gasteiger partial charge in [-0.1, -0.05) is 37.1 Å². The van der Waals surface area contributed by atoms with Gasteiger partial charge < -0.3 is 0 Å². The van der Waals surface area contributed by atoms with E-state index < -0.39 is 0 Å². The molecule has 0 saturated heterocycles. The van der Waals surface area contributed by atoms with Crippen LogP contribution < -0.4 is 5.48 Å². The first-order valence-electron chi connectivity index (χ1n) is 6.64. The molecule has 1 aromatic heterocycles. The van der Waals surface area contributed by atoms with Crippen molar-refractivity contribution in [2.24, 2.45) is 0 Å². The van der Waals surface area contributed by atoms with Gasteiger partial charge in [-0.05, 0) is 24.3 Å². The molecule has 1 saturated carbocycles. The van der Waals surface area contributed by atoms with Gasteiger partial charge in [0.25, 0.3) is 5.91 Å². The molecule has 0 radical (unpaired) electrons. The van der Waals surface area contributed by atoms with E-state index in [1.807, 2.05) is 30.3 Å². The fourth-order valence-electron chi connectivity index (χ4n) is 2.49. The van der Waals surface area contributed by atoms with E-state index in [9.17, 15) is 4.79 Å². The number of pyridine rings is 1. The molecule has 0 bridgehead atoms. The second kappa shape index (κ2) is 5.36. The Morgan fingerprint density at radius 3 is 2.84 bits per heavy atom. The highest BCUT2D eigenvalue weighted by Crippen LogP contribution is 2.20. The second-order valence-electron chi connectivity index (χ2n) is 4.84. The number of nitrogens with one attached hydrogen (secondary N) is 1. The van der Waals surface area contributed by atoms with Crippen LogP contribution in [0.15, 0.2) is 36.5 Å². The number of carbonyl (C=O) groups excluding carboxylic acids is 1. The van der Waals surface area contributed by atoms with Gasteiger partial charge >= 0.3 is 0 Å². The molecule has 4 heteroatoms. The number of fused-ring (bicyclic) bond motifs is 1. The van der Waals surface area contributed by atoms with Gasteiger partial charge in [-0.3, -0.25) is 14.6 Å². The quantitative estimate of drug-likeness (QED) is 0.859. The Morgan fingerprint density at radius 2 is 2.00 bits per heavy atom. The zero-order valence-electron chi connectivity index (χ0n) is 10.6. The average Bonchev–Trinajstić information content (AvgIpc) is 2.97. The standard InChI is InChI=1S/C15H16N2O2/c18-15(17-19-12-6-2-3-7-12)14-13-8-4-1-5-11(13)9-10-16-14/h1,4-5,8-10,12H,2-3,6-7H2,(H,17,18). The molecular weight excluding hydrogens is 240 g/mol. The number of aromatic nitrogens is 1. The van der Waals surface area contributed by atoms with Crippen molar-refractivity contribution in [2.45, 2.75) is 31.8 Å². The smallest absolute Gasteiger partial charge is 0.270 e. The Hall–Kier alpha value is -1.94. The Kier molecular flexibility index (Phi) is 3.42. The van der Waals surface area contributed by atoms with Crippen molar-refractivity contribution < 1.29 is 9.63 Å². The van der Waals surface area contributed by atoms with E-state index in [2.05, 4.69) is 10.5 Å². The van der Waals surface area contributed by atoms with E-state index in [1.54, 1.807) is 6.20 Å². The van der Waals surface area contributed by atoms with E-state index >= 15 is 0 Å². The van der Waals surface area contributed by atoms with Crippen molar-refractivity contribution in [3.8, 4) is 0 Å². The third-order valence-corrected chi connectivity index (χ3v) is 3.51. The van der Waals surface area contributed by atoms with Crippen molar-refractivity contribution in [1.29, 1.82) is 0 Å². The van der Waals surface area contributed by atoms with Crippen LogP contribution in [-0.4, -0.2) is 17.0 Å². The summed E-state index contributed by atoms with van der Waals surface area (Å²) < 4.78 is 0. The maximum absolute atomic E-state index is 12.1. The molecule has 4 nitrogen and oxygen atoms in total. The average molecular weight is 256 g/mol. The normalized spacial score (nSPS) is 15.8. The second-order valence-corrected chi connectivity index (χ2v) is 4.84. The SMILES string of the molecule is O=C(NOC1CCCC1)c1nccc2ccccc12. The van der Waals surface area contributed by atoms with Gasteiger partial charge in [-0.15, -0.1) is 0 Å². The third kappa shape index (κ3) is 2.58.